The second kappa shape index (κ2) is 7.83. The molecule has 0 bridgehead atoms. The summed E-state index contributed by atoms with van der Waals surface area (Å²) in [7, 11) is 0. The summed E-state index contributed by atoms with van der Waals surface area (Å²) in [5.74, 6) is 1.17. The van der Waals surface area contributed by atoms with Gasteiger partial charge in [0.05, 0.1) is 19.4 Å². The third kappa shape index (κ3) is 5.14. The van der Waals surface area contributed by atoms with E-state index in [4.69, 9.17) is 13.9 Å². The van der Waals surface area contributed by atoms with E-state index >= 15 is 0 Å². The highest BCUT2D eigenvalue weighted by atomic mass is 16.6. The van der Waals surface area contributed by atoms with Gasteiger partial charge in [-0.1, -0.05) is 12.1 Å². The number of esters is 1. The number of ether oxygens (including phenoxy) is 2. The molecule has 1 N–H and O–H groups in total. The Hall–Kier alpha value is -2.27. The molecule has 0 aliphatic heterocycles. The summed E-state index contributed by atoms with van der Waals surface area (Å²) in [6.07, 6.45) is 1.66. The molecule has 1 heterocycles. The van der Waals surface area contributed by atoms with Crippen LogP contribution in [0.3, 0.4) is 0 Å². The third-order valence-corrected chi connectivity index (χ3v) is 3.27. The van der Waals surface area contributed by atoms with E-state index in [0.717, 1.165) is 17.9 Å². The van der Waals surface area contributed by atoms with Crippen LogP contribution in [0.2, 0.25) is 0 Å². The summed E-state index contributed by atoms with van der Waals surface area (Å²) in [5.41, 5.74) is 0.118. The van der Waals surface area contributed by atoms with Crippen molar-refractivity contribution in [1.82, 2.24) is 5.32 Å². The second-order valence-corrected chi connectivity index (χ2v) is 5.66. The van der Waals surface area contributed by atoms with Crippen molar-refractivity contribution < 1.29 is 18.7 Å². The Balaban J connectivity index is 1.85. The predicted octanol–water partition coefficient (Wildman–Crippen LogP) is 3.29. The Morgan fingerprint density at radius 2 is 1.91 bits per heavy atom. The number of carbonyl (C=O) groups is 1. The molecule has 124 valence electrons. The minimum atomic E-state index is -1.00. The van der Waals surface area contributed by atoms with Crippen molar-refractivity contribution in [3.63, 3.8) is 0 Å². The average molecular weight is 317 g/mol. The van der Waals surface area contributed by atoms with E-state index in [1.165, 1.54) is 0 Å². The Kier molecular flexibility index (Phi) is 5.82. The van der Waals surface area contributed by atoms with E-state index in [1.807, 2.05) is 36.4 Å². The van der Waals surface area contributed by atoms with Crippen molar-refractivity contribution in [2.45, 2.75) is 39.5 Å². The molecular weight excluding hydrogens is 294 g/mol. The maximum Gasteiger partial charge on any atom is 0.349 e. The number of nitrogens with one attached hydrogen (secondary N) is 1. The van der Waals surface area contributed by atoms with Gasteiger partial charge in [-0.25, -0.2) is 4.79 Å². The third-order valence-electron chi connectivity index (χ3n) is 3.27. The van der Waals surface area contributed by atoms with Gasteiger partial charge in [0, 0.05) is 6.54 Å². The first-order chi connectivity index (χ1) is 11.0. The van der Waals surface area contributed by atoms with E-state index < -0.39 is 5.60 Å². The molecule has 2 rings (SSSR count). The molecule has 0 atom stereocenters. The van der Waals surface area contributed by atoms with E-state index in [1.54, 1.807) is 27.0 Å². The molecule has 0 saturated heterocycles. The molecule has 0 saturated carbocycles. The molecule has 1 aromatic heterocycles. The first kappa shape index (κ1) is 17.1. The van der Waals surface area contributed by atoms with Crippen LogP contribution in [0.5, 0.6) is 5.75 Å². The summed E-state index contributed by atoms with van der Waals surface area (Å²) in [6.45, 7) is 6.92. The van der Waals surface area contributed by atoms with Crippen LogP contribution in [0.25, 0.3) is 0 Å². The summed E-state index contributed by atoms with van der Waals surface area (Å²) in [4.78, 5) is 11.8. The Labute approximate surface area is 136 Å². The second-order valence-electron chi connectivity index (χ2n) is 5.66. The lowest BCUT2D eigenvalue weighted by molar-refractivity contribution is -0.158. The zero-order valence-corrected chi connectivity index (χ0v) is 13.8. The van der Waals surface area contributed by atoms with Crippen LogP contribution in [0.4, 0.5) is 0 Å². The zero-order chi connectivity index (χ0) is 16.7. The molecule has 5 heteroatoms. The minimum absolute atomic E-state index is 0.339. The van der Waals surface area contributed by atoms with Gasteiger partial charge in [-0.05, 0) is 50.6 Å². The number of rotatable bonds is 8. The fourth-order valence-corrected chi connectivity index (χ4v) is 2.06. The van der Waals surface area contributed by atoms with Gasteiger partial charge in [-0.3, -0.25) is 0 Å². The molecule has 0 radical (unpaired) electrons. The van der Waals surface area contributed by atoms with Gasteiger partial charge in [0.1, 0.15) is 11.5 Å². The Morgan fingerprint density at radius 3 is 2.52 bits per heavy atom. The largest absolute Gasteiger partial charge is 0.476 e. The summed E-state index contributed by atoms with van der Waals surface area (Å²) >= 11 is 0. The summed E-state index contributed by atoms with van der Waals surface area (Å²) < 4.78 is 16.0. The first-order valence-corrected chi connectivity index (χ1v) is 7.69. The highest BCUT2D eigenvalue weighted by Gasteiger charge is 2.31. The van der Waals surface area contributed by atoms with Crippen molar-refractivity contribution in [2.24, 2.45) is 0 Å². The topological polar surface area (TPSA) is 60.7 Å². The van der Waals surface area contributed by atoms with Gasteiger partial charge in [0.25, 0.3) is 0 Å². The van der Waals surface area contributed by atoms with Crippen LogP contribution in [-0.4, -0.2) is 18.2 Å². The summed E-state index contributed by atoms with van der Waals surface area (Å²) in [5, 5.41) is 3.30. The molecule has 2 aromatic rings. The molecule has 0 spiro atoms. The summed E-state index contributed by atoms with van der Waals surface area (Å²) in [6, 6.07) is 11.4. The molecule has 1 aromatic carbocycles. The fraction of sp³-hybridized carbons (Fsp3) is 0.389. The van der Waals surface area contributed by atoms with Crippen molar-refractivity contribution >= 4 is 5.97 Å². The average Bonchev–Trinajstić information content (AvgIpc) is 3.02. The molecule has 5 nitrogen and oxygen atoms in total. The lowest BCUT2D eigenvalue weighted by Crippen LogP contribution is -2.39. The van der Waals surface area contributed by atoms with Crippen LogP contribution in [0.15, 0.2) is 47.1 Å². The van der Waals surface area contributed by atoms with Crippen LogP contribution in [0, 0.1) is 0 Å². The van der Waals surface area contributed by atoms with E-state index in [0.29, 0.717) is 18.9 Å². The molecule has 0 aliphatic rings. The number of carbonyl (C=O) groups excluding carboxylic acids is 1. The van der Waals surface area contributed by atoms with Crippen LogP contribution < -0.4 is 10.1 Å². The van der Waals surface area contributed by atoms with Gasteiger partial charge in [0.15, 0.2) is 5.60 Å². The molecule has 23 heavy (non-hydrogen) atoms. The van der Waals surface area contributed by atoms with Crippen LogP contribution in [0.1, 0.15) is 32.1 Å². The molecule has 0 aliphatic carbocycles. The fourth-order valence-electron chi connectivity index (χ4n) is 2.06. The first-order valence-electron chi connectivity index (χ1n) is 7.69. The molecule has 0 fully saturated rings. The standard InChI is InChI=1S/C18H23NO4/c1-4-21-17(20)18(2,3)23-15-9-7-14(8-10-15)12-19-13-16-6-5-11-22-16/h5-11,19H,4,12-13H2,1-3H3. The normalized spacial score (nSPS) is 11.3. The van der Waals surface area contributed by atoms with Crippen LogP contribution in [-0.2, 0) is 22.6 Å². The van der Waals surface area contributed by atoms with Gasteiger partial charge >= 0.3 is 5.97 Å². The van der Waals surface area contributed by atoms with Gasteiger partial charge in [-0.15, -0.1) is 0 Å². The molecule has 0 unspecified atom stereocenters. The van der Waals surface area contributed by atoms with Crippen molar-refractivity contribution in [1.29, 1.82) is 0 Å². The zero-order valence-electron chi connectivity index (χ0n) is 13.8. The number of furan rings is 1. The van der Waals surface area contributed by atoms with Gasteiger partial charge < -0.3 is 19.2 Å². The van der Waals surface area contributed by atoms with Crippen LogP contribution >= 0.6 is 0 Å². The van der Waals surface area contributed by atoms with Gasteiger partial charge in [0.2, 0.25) is 0 Å². The minimum Gasteiger partial charge on any atom is -0.476 e. The Bertz CT molecular complexity index is 602. The monoisotopic (exact) mass is 317 g/mol. The smallest absolute Gasteiger partial charge is 0.349 e. The molecule has 0 amide bonds. The van der Waals surface area contributed by atoms with E-state index in [9.17, 15) is 4.79 Å². The van der Waals surface area contributed by atoms with Crippen molar-refractivity contribution in [3.8, 4) is 5.75 Å². The SMILES string of the molecule is CCOC(=O)C(C)(C)Oc1ccc(CNCc2ccco2)cc1. The highest BCUT2D eigenvalue weighted by molar-refractivity contribution is 5.79. The lowest BCUT2D eigenvalue weighted by Gasteiger charge is -2.24. The number of hydrogen-bond acceptors (Lipinski definition) is 5. The van der Waals surface area contributed by atoms with Crippen molar-refractivity contribution in [2.75, 3.05) is 6.61 Å². The lowest BCUT2D eigenvalue weighted by atomic mass is 10.1. The van der Waals surface area contributed by atoms with E-state index in [-0.39, 0.29) is 5.97 Å². The molecular formula is C18H23NO4. The highest BCUT2D eigenvalue weighted by Crippen LogP contribution is 2.20. The quantitative estimate of drug-likeness (QED) is 0.757. The van der Waals surface area contributed by atoms with Crippen molar-refractivity contribution in [3.05, 3.63) is 54.0 Å². The maximum atomic E-state index is 11.8. The maximum absolute atomic E-state index is 11.8. The number of hydrogen-bond donors (Lipinski definition) is 1. The Morgan fingerprint density at radius 1 is 1.17 bits per heavy atom. The van der Waals surface area contributed by atoms with E-state index in [2.05, 4.69) is 5.32 Å². The number of benzene rings is 1. The van der Waals surface area contributed by atoms with Gasteiger partial charge in [-0.2, -0.15) is 0 Å². The predicted molar refractivity (Wildman–Crippen MR) is 87.0 cm³/mol.